The second-order valence-corrected chi connectivity index (χ2v) is 4.44. The predicted octanol–water partition coefficient (Wildman–Crippen LogP) is 2.77. The Bertz CT molecular complexity index is 413. The van der Waals surface area contributed by atoms with Crippen LogP contribution in [0.3, 0.4) is 0 Å². The summed E-state index contributed by atoms with van der Waals surface area (Å²) in [6.45, 7) is 5.64. The lowest BCUT2D eigenvalue weighted by molar-refractivity contribution is -0.144. The predicted molar refractivity (Wildman–Crippen MR) is 71.8 cm³/mol. The van der Waals surface area contributed by atoms with Gasteiger partial charge in [-0.25, -0.2) is 4.98 Å². The monoisotopic (exact) mass is 290 g/mol. The lowest BCUT2D eigenvalue weighted by Gasteiger charge is -2.19. The van der Waals surface area contributed by atoms with E-state index in [1.807, 2.05) is 17.9 Å². The highest BCUT2D eigenvalue weighted by molar-refractivity contribution is 6.32. The molecule has 0 aliphatic carbocycles. The Labute approximate surface area is 117 Å². The number of aromatic nitrogens is 1. The van der Waals surface area contributed by atoms with Crippen LogP contribution in [0.25, 0.3) is 0 Å². The normalized spacial score (nSPS) is 10.7. The van der Waals surface area contributed by atoms with Gasteiger partial charge in [0.25, 0.3) is 0 Å². The zero-order valence-electron chi connectivity index (χ0n) is 10.4. The zero-order chi connectivity index (χ0) is 13.5. The van der Waals surface area contributed by atoms with Gasteiger partial charge in [-0.15, -0.1) is 0 Å². The van der Waals surface area contributed by atoms with Crippen molar-refractivity contribution in [2.75, 3.05) is 19.7 Å². The Morgan fingerprint density at radius 3 is 2.67 bits per heavy atom. The Morgan fingerprint density at radius 2 is 2.11 bits per heavy atom. The molecule has 0 aromatic carbocycles. The number of esters is 1. The highest BCUT2D eigenvalue weighted by atomic mass is 35.5. The van der Waals surface area contributed by atoms with Crippen LogP contribution in [0, 0.1) is 0 Å². The van der Waals surface area contributed by atoms with Crippen LogP contribution in [-0.2, 0) is 16.1 Å². The molecule has 0 unspecified atom stereocenters. The molecular formula is C12H16Cl2N2O2. The van der Waals surface area contributed by atoms with E-state index in [-0.39, 0.29) is 12.5 Å². The standard InChI is InChI=1S/C12H16Cl2N2O2/c1-3-16(8-11(17)18-4-2)7-9-5-6-10(13)15-12(9)14/h5-6H,3-4,7-8H2,1-2H3. The van der Waals surface area contributed by atoms with E-state index in [4.69, 9.17) is 27.9 Å². The lowest BCUT2D eigenvalue weighted by atomic mass is 10.2. The molecule has 0 spiro atoms. The van der Waals surface area contributed by atoms with Crippen LogP contribution in [0.15, 0.2) is 12.1 Å². The second-order valence-electron chi connectivity index (χ2n) is 3.69. The molecule has 1 aromatic rings. The zero-order valence-corrected chi connectivity index (χ0v) is 12.0. The minimum atomic E-state index is -0.239. The third-order valence-corrected chi connectivity index (χ3v) is 2.93. The fourth-order valence-electron chi connectivity index (χ4n) is 1.47. The Hall–Kier alpha value is -0.840. The number of carbonyl (C=O) groups is 1. The summed E-state index contributed by atoms with van der Waals surface area (Å²) < 4.78 is 4.91. The molecule has 0 radical (unpaired) electrons. The van der Waals surface area contributed by atoms with Gasteiger partial charge in [-0.05, 0) is 19.5 Å². The third-order valence-electron chi connectivity index (χ3n) is 2.39. The summed E-state index contributed by atoms with van der Waals surface area (Å²) >= 11 is 11.7. The number of pyridine rings is 1. The first-order valence-corrected chi connectivity index (χ1v) is 6.51. The lowest BCUT2D eigenvalue weighted by Crippen LogP contribution is -2.30. The first-order valence-electron chi connectivity index (χ1n) is 5.75. The van der Waals surface area contributed by atoms with Gasteiger partial charge in [-0.1, -0.05) is 36.2 Å². The fraction of sp³-hybridized carbons (Fsp3) is 0.500. The number of halogens is 2. The van der Waals surface area contributed by atoms with Gasteiger partial charge in [0.2, 0.25) is 0 Å². The van der Waals surface area contributed by atoms with Crippen LogP contribution in [0.1, 0.15) is 19.4 Å². The first kappa shape index (κ1) is 15.2. The summed E-state index contributed by atoms with van der Waals surface area (Å²) in [5.41, 5.74) is 0.840. The molecule has 0 saturated carbocycles. The van der Waals surface area contributed by atoms with Gasteiger partial charge in [-0.2, -0.15) is 0 Å². The van der Waals surface area contributed by atoms with Crippen LogP contribution >= 0.6 is 23.2 Å². The summed E-state index contributed by atoms with van der Waals surface area (Å²) in [4.78, 5) is 17.3. The van der Waals surface area contributed by atoms with E-state index in [1.165, 1.54) is 0 Å². The SMILES string of the molecule is CCOC(=O)CN(CC)Cc1ccc(Cl)nc1Cl. The van der Waals surface area contributed by atoms with Gasteiger partial charge >= 0.3 is 5.97 Å². The molecule has 0 atom stereocenters. The minimum absolute atomic E-state index is 0.239. The van der Waals surface area contributed by atoms with Crippen molar-refractivity contribution in [3.63, 3.8) is 0 Å². The average molecular weight is 291 g/mol. The number of likely N-dealkylation sites (N-methyl/N-ethyl adjacent to an activating group) is 1. The van der Waals surface area contributed by atoms with E-state index in [0.29, 0.717) is 23.5 Å². The molecule has 0 bridgehead atoms. The van der Waals surface area contributed by atoms with Crippen LogP contribution < -0.4 is 0 Å². The fourth-order valence-corrected chi connectivity index (χ4v) is 1.87. The van der Waals surface area contributed by atoms with E-state index in [2.05, 4.69) is 4.98 Å². The average Bonchev–Trinajstić information content (AvgIpc) is 2.31. The number of carbonyl (C=O) groups excluding carboxylic acids is 1. The van der Waals surface area contributed by atoms with E-state index in [0.717, 1.165) is 12.1 Å². The molecule has 100 valence electrons. The van der Waals surface area contributed by atoms with Crippen molar-refractivity contribution in [2.24, 2.45) is 0 Å². The van der Waals surface area contributed by atoms with Crippen molar-refractivity contribution in [3.05, 3.63) is 28.0 Å². The number of hydrogen-bond donors (Lipinski definition) is 0. The molecule has 6 heteroatoms. The first-order chi connectivity index (χ1) is 8.56. The molecule has 0 amide bonds. The summed E-state index contributed by atoms with van der Waals surface area (Å²) in [6, 6.07) is 3.49. The Morgan fingerprint density at radius 1 is 1.39 bits per heavy atom. The van der Waals surface area contributed by atoms with E-state index in [9.17, 15) is 4.79 Å². The third kappa shape index (κ3) is 4.80. The number of ether oxygens (including phenoxy) is 1. The molecule has 1 rings (SSSR count). The maximum Gasteiger partial charge on any atom is 0.320 e. The van der Waals surface area contributed by atoms with Gasteiger partial charge in [0.15, 0.2) is 0 Å². The van der Waals surface area contributed by atoms with Gasteiger partial charge in [0.1, 0.15) is 10.3 Å². The van der Waals surface area contributed by atoms with Gasteiger partial charge in [0.05, 0.1) is 13.2 Å². The largest absolute Gasteiger partial charge is 0.465 e. The van der Waals surface area contributed by atoms with Crippen LogP contribution in [0.2, 0.25) is 10.3 Å². The van der Waals surface area contributed by atoms with E-state index >= 15 is 0 Å². The second kappa shape index (κ2) is 7.56. The van der Waals surface area contributed by atoms with E-state index < -0.39 is 0 Å². The summed E-state index contributed by atoms with van der Waals surface area (Å²) in [6.07, 6.45) is 0. The molecule has 1 aromatic heterocycles. The molecule has 4 nitrogen and oxygen atoms in total. The molecule has 0 aliphatic heterocycles. The minimum Gasteiger partial charge on any atom is -0.465 e. The molecule has 0 fully saturated rings. The highest BCUT2D eigenvalue weighted by Crippen LogP contribution is 2.18. The summed E-state index contributed by atoms with van der Waals surface area (Å²) in [5, 5.41) is 0.724. The smallest absolute Gasteiger partial charge is 0.320 e. The molecular weight excluding hydrogens is 275 g/mol. The molecule has 0 N–H and O–H groups in total. The maximum atomic E-state index is 11.4. The Kier molecular flexibility index (Phi) is 6.39. The molecule has 0 saturated heterocycles. The maximum absolute atomic E-state index is 11.4. The van der Waals surface area contributed by atoms with Crippen molar-refractivity contribution in [1.82, 2.24) is 9.88 Å². The van der Waals surface area contributed by atoms with Crippen LogP contribution in [0.4, 0.5) is 0 Å². The summed E-state index contributed by atoms with van der Waals surface area (Å²) in [5.74, 6) is -0.239. The molecule has 18 heavy (non-hydrogen) atoms. The summed E-state index contributed by atoms with van der Waals surface area (Å²) in [7, 11) is 0. The van der Waals surface area contributed by atoms with Gasteiger partial charge in [0, 0.05) is 12.1 Å². The Balaban J connectivity index is 2.65. The van der Waals surface area contributed by atoms with Crippen molar-refractivity contribution < 1.29 is 9.53 Å². The quantitative estimate of drug-likeness (QED) is 0.597. The van der Waals surface area contributed by atoms with Gasteiger partial charge in [-0.3, -0.25) is 9.69 Å². The van der Waals surface area contributed by atoms with Crippen molar-refractivity contribution in [1.29, 1.82) is 0 Å². The highest BCUT2D eigenvalue weighted by Gasteiger charge is 2.12. The van der Waals surface area contributed by atoms with E-state index in [1.54, 1.807) is 13.0 Å². The van der Waals surface area contributed by atoms with Crippen molar-refractivity contribution in [3.8, 4) is 0 Å². The van der Waals surface area contributed by atoms with Gasteiger partial charge < -0.3 is 4.74 Å². The van der Waals surface area contributed by atoms with Crippen LogP contribution in [-0.4, -0.2) is 35.5 Å². The number of hydrogen-bond acceptors (Lipinski definition) is 4. The number of nitrogens with zero attached hydrogens (tertiary/aromatic N) is 2. The number of rotatable bonds is 6. The van der Waals surface area contributed by atoms with Crippen LogP contribution in [0.5, 0.6) is 0 Å². The van der Waals surface area contributed by atoms with Crippen molar-refractivity contribution in [2.45, 2.75) is 20.4 Å². The van der Waals surface area contributed by atoms with Crippen molar-refractivity contribution >= 4 is 29.2 Å². The molecule has 0 aliphatic rings. The topological polar surface area (TPSA) is 42.4 Å². The molecule has 1 heterocycles.